The lowest BCUT2D eigenvalue weighted by molar-refractivity contribution is 0.170. The van der Waals surface area contributed by atoms with E-state index < -0.39 is 0 Å². The molecule has 1 saturated heterocycles. The number of likely N-dealkylation sites (N-methyl/N-ethyl adjacent to an activating group) is 1. The number of hydrogen-bond donors (Lipinski definition) is 1. The Hall–Kier alpha value is -1.13. The molecule has 1 aromatic carbocycles. The Bertz CT molecular complexity index is 451. The van der Waals surface area contributed by atoms with E-state index in [4.69, 9.17) is 0 Å². The zero-order valence-corrected chi connectivity index (χ0v) is 13.7. The molecule has 0 aliphatic carbocycles. The lowest BCUT2D eigenvalue weighted by Gasteiger charge is -2.44. The van der Waals surface area contributed by atoms with Crippen LogP contribution in [0.1, 0.15) is 32.8 Å². The molecule has 0 amide bonds. The number of rotatable bonds is 5. The Morgan fingerprint density at radius 1 is 1.24 bits per heavy atom. The Morgan fingerprint density at radius 3 is 2.52 bits per heavy atom. The number of anilines is 1. The molecule has 2 unspecified atom stereocenters. The van der Waals surface area contributed by atoms with Gasteiger partial charge in [0, 0.05) is 37.4 Å². The third-order valence-corrected chi connectivity index (χ3v) is 4.48. The Labute approximate surface area is 128 Å². The van der Waals surface area contributed by atoms with Crippen LogP contribution in [-0.2, 0) is 6.54 Å². The van der Waals surface area contributed by atoms with E-state index in [9.17, 15) is 4.39 Å². The van der Waals surface area contributed by atoms with Crippen LogP contribution in [0.25, 0.3) is 0 Å². The van der Waals surface area contributed by atoms with Gasteiger partial charge in [-0.1, -0.05) is 6.92 Å². The average Bonchev–Trinajstić information content (AvgIpc) is 2.45. The van der Waals surface area contributed by atoms with E-state index >= 15 is 0 Å². The predicted octanol–water partition coefficient (Wildman–Crippen LogP) is 2.85. The van der Waals surface area contributed by atoms with Crippen molar-refractivity contribution >= 4 is 5.69 Å². The summed E-state index contributed by atoms with van der Waals surface area (Å²) < 4.78 is 13.6. The molecule has 0 aromatic heterocycles. The molecule has 1 N–H and O–H groups in total. The van der Waals surface area contributed by atoms with Crippen LogP contribution in [0.3, 0.4) is 0 Å². The van der Waals surface area contributed by atoms with E-state index in [1.165, 1.54) is 5.69 Å². The monoisotopic (exact) mass is 293 g/mol. The van der Waals surface area contributed by atoms with Gasteiger partial charge in [0.05, 0.1) is 0 Å². The van der Waals surface area contributed by atoms with E-state index in [0.29, 0.717) is 12.1 Å². The number of piperazine rings is 1. The predicted molar refractivity (Wildman–Crippen MR) is 87.3 cm³/mol. The molecule has 118 valence electrons. The van der Waals surface area contributed by atoms with Crippen LogP contribution in [0.5, 0.6) is 0 Å². The lowest BCUT2D eigenvalue weighted by atomic mass is 10.1. The summed E-state index contributed by atoms with van der Waals surface area (Å²) in [5.41, 5.74) is 2.24. The van der Waals surface area contributed by atoms with E-state index in [0.717, 1.165) is 38.2 Å². The van der Waals surface area contributed by atoms with Crippen molar-refractivity contribution in [3.8, 4) is 0 Å². The average molecular weight is 293 g/mol. The summed E-state index contributed by atoms with van der Waals surface area (Å²) in [5, 5.41) is 3.39. The number of nitrogens with one attached hydrogen (secondary N) is 1. The minimum absolute atomic E-state index is 0.151. The van der Waals surface area contributed by atoms with Gasteiger partial charge in [-0.2, -0.15) is 0 Å². The van der Waals surface area contributed by atoms with Gasteiger partial charge in [-0.3, -0.25) is 4.90 Å². The van der Waals surface area contributed by atoms with Crippen molar-refractivity contribution in [2.24, 2.45) is 0 Å². The summed E-state index contributed by atoms with van der Waals surface area (Å²) in [7, 11) is 2.18. The summed E-state index contributed by atoms with van der Waals surface area (Å²) in [6.45, 7) is 10.3. The van der Waals surface area contributed by atoms with Crippen LogP contribution in [-0.4, -0.2) is 43.7 Å². The summed E-state index contributed by atoms with van der Waals surface area (Å²) in [4.78, 5) is 4.81. The fourth-order valence-corrected chi connectivity index (χ4v) is 3.01. The molecule has 4 heteroatoms. The van der Waals surface area contributed by atoms with Crippen molar-refractivity contribution < 1.29 is 4.39 Å². The molecule has 1 fully saturated rings. The largest absolute Gasteiger partial charge is 0.368 e. The molecule has 2 atom stereocenters. The summed E-state index contributed by atoms with van der Waals surface area (Å²) in [6, 6.07) is 6.20. The van der Waals surface area contributed by atoms with Crippen molar-refractivity contribution in [1.82, 2.24) is 10.2 Å². The Balaban J connectivity index is 2.18. The zero-order valence-electron chi connectivity index (χ0n) is 13.7. The first-order chi connectivity index (χ1) is 10.0. The zero-order chi connectivity index (χ0) is 15.4. The highest BCUT2D eigenvalue weighted by atomic mass is 19.1. The number of benzene rings is 1. The van der Waals surface area contributed by atoms with Crippen molar-refractivity contribution in [2.45, 2.75) is 45.8 Å². The highest BCUT2D eigenvalue weighted by molar-refractivity contribution is 5.54. The van der Waals surface area contributed by atoms with Gasteiger partial charge in [0.1, 0.15) is 5.82 Å². The smallest absolute Gasteiger partial charge is 0.123 e. The molecule has 1 aliphatic heterocycles. The second-order valence-electron chi connectivity index (χ2n) is 6.22. The molecule has 0 radical (unpaired) electrons. The fraction of sp³-hybridized carbons (Fsp3) is 0.647. The SMILES string of the molecule is CCCNCc1cc(F)ccc1N1CC(C)N(C)C(C)C1. The van der Waals surface area contributed by atoms with Crippen LogP contribution in [0.2, 0.25) is 0 Å². The first kappa shape index (κ1) is 16.2. The van der Waals surface area contributed by atoms with Gasteiger partial charge in [0.2, 0.25) is 0 Å². The molecule has 3 nitrogen and oxygen atoms in total. The van der Waals surface area contributed by atoms with Crippen LogP contribution in [0.4, 0.5) is 10.1 Å². The fourth-order valence-electron chi connectivity index (χ4n) is 3.01. The molecule has 0 saturated carbocycles. The first-order valence-electron chi connectivity index (χ1n) is 7.99. The van der Waals surface area contributed by atoms with Crippen molar-refractivity contribution in [1.29, 1.82) is 0 Å². The van der Waals surface area contributed by atoms with Crippen LogP contribution in [0.15, 0.2) is 18.2 Å². The molecule has 1 heterocycles. The molecule has 1 aromatic rings. The quantitative estimate of drug-likeness (QED) is 0.842. The summed E-state index contributed by atoms with van der Waals surface area (Å²) in [6.07, 6.45) is 1.09. The molecular weight excluding hydrogens is 265 g/mol. The molecule has 21 heavy (non-hydrogen) atoms. The minimum atomic E-state index is -0.151. The number of hydrogen-bond acceptors (Lipinski definition) is 3. The van der Waals surface area contributed by atoms with Crippen LogP contribution >= 0.6 is 0 Å². The van der Waals surface area contributed by atoms with Crippen molar-refractivity contribution in [2.75, 3.05) is 31.6 Å². The van der Waals surface area contributed by atoms with Gasteiger partial charge in [-0.25, -0.2) is 4.39 Å². The molecule has 0 bridgehead atoms. The Morgan fingerprint density at radius 2 is 1.90 bits per heavy atom. The van der Waals surface area contributed by atoms with Crippen molar-refractivity contribution in [3.05, 3.63) is 29.6 Å². The molecule has 2 rings (SSSR count). The van der Waals surface area contributed by atoms with E-state index in [-0.39, 0.29) is 5.82 Å². The van der Waals surface area contributed by atoms with E-state index in [1.54, 1.807) is 12.1 Å². The maximum absolute atomic E-state index is 13.6. The minimum Gasteiger partial charge on any atom is -0.368 e. The van der Waals surface area contributed by atoms with Gasteiger partial charge in [0.25, 0.3) is 0 Å². The van der Waals surface area contributed by atoms with Crippen LogP contribution < -0.4 is 10.2 Å². The lowest BCUT2D eigenvalue weighted by Crippen LogP contribution is -2.55. The van der Waals surface area contributed by atoms with Gasteiger partial charge in [-0.15, -0.1) is 0 Å². The van der Waals surface area contributed by atoms with Gasteiger partial charge >= 0.3 is 0 Å². The molecule has 1 aliphatic rings. The van der Waals surface area contributed by atoms with Crippen LogP contribution in [0, 0.1) is 5.82 Å². The van der Waals surface area contributed by atoms with E-state index in [1.807, 2.05) is 6.07 Å². The van der Waals surface area contributed by atoms with Crippen molar-refractivity contribution in [3.63, 3.8) is 0 Å². The normalized spacial score (nSPS) is 23.6. The third kappa shape index (κ3) is 3.95. The highest BCUT2D eigenvalue weighted by Crippen LogP contribution is 2.26. The van der Waals surface area contributed by atoms with Gasteiger partial charge in [0.15, 0.2) is 0 Å². The third-order valence-electron chi connectivity index (χ3n) is 4.48. The standard InChI is InChI=1S/C17H28FN3/c1-5-8-19-10-15-9-16(18)6-7-17(15)21-11-13(2)20(4)14(3)12-21/h6-7,9,13-14,19H,5,8,10-12H2,1-4H3. The molecule has 0 spiro atoms. The number of halogens is 1. The number of nitrogens with zero attached hydrogens (tertiary/aromatic N) is 2. The maximum atomic E-state index is 13.6. The van der Waals surface area contributed by atoms with Gasteiger partial charge < -0.3 is 10.2 Å². The highest BCUT2D eigenvalue weighted by Gasteiger charge is 2.27. The molecular formula is C17H28FN3. The maximum Gasteiger partial charge on any atom is 0.123 e. The first-order valence-corrected chi connectivity index (χ1v) is 7.99. The van der Waals surface area contributed by atoms with E-state index in [2.05, 4.69) is 42.9 Å². The summed E-state index contributed by atoms with van der Waals surface area (Å²) >= 11 is 0. The summed E-state index contributed by atoms with van der Waals surface area (Å²) in [5.74, 6) is -0.151. The second kappa shape index (κ2) is 7.23. The second-order valence-corrected chi connectivity index (χ2v) is 6.22. The Kier molecular flexibility index (Phi) is 5.59. The topological polar surface area (TPSA) is 18.5 Å². The van der Waals surface area contributed by atoms with Gasteiger partial charge in [-0.05, 0) is 57.6 Å².